The van der Waals surface area contributed by atoms with Crippen LogP contribution in [0, 0.1) is 12.8 Å². The summed E-state index contributed by atoms with van der Waals surface area (Å²) in [4.78, 5) is 22.4. The zero-order chi connectivity index (χ0) is 12.3. The second kappa shape index (κ2) is 4.78. The number of carbonyl (C=O) groups excluding carboxylic acids is 1. The zero-order valence-electron chi connectivity index (χ0n) is 9.44. The molecule has 6 heteroatoms. The number of carbonyl (C=O) groups is 2. The molecule has 0 aliphatic carbocycles. The second-order valence-electron chi connectivity index (χ2n) is 3.80. The summed E-state index contributed by atoms with van der Waals surface area (Å²) in [5.41, 5.74) is 1.09. The lowest BCUT2D eigenvalue weighted by Gasteiger charge is -2.17. The maximum atomic E-state index is 11.7. The van der Waals surface area contributed by atoms with Gasteiger partial charge in [-0.1, -0.05) is 0 Å². The van der Waals surface area contributed by atoms with Crippen LogP contribution in [0.2, 0.25) is 0 Å². The summed E-state index contributed by atoms with van der Waals surface area (Å²) in [5, 5.41) is 17.8. The van der Waals surface area contributed by atoms with Crippen molar-refractivity contribution >= 4 is 11.9 Å². The van der Waals surface area contributed by atoms with Crippen molar-refractivity contribution in [1.82, 2.24) is 15.5 Å². The molecule has 0 spiro atoms. The van der Waals surface area contributed by atoms with E-state index >= 15 is 0 Å². The van der Waals surface area contributed by atoms with Crippen molar-refractivity contribution < 1.29 is 14.7 Å². The van der Waals surface area contributed by atoms with Crippen LogP contribution in [-0.4, -0.2) is 33.2 Å². The van der Waals surface area contributed by atoms with E-state index in [-0.39, 0.29) is 5.91 Å². The van der Waals surface area contributed by atoms with Gasteiger partial charge in [-0.3, -0.25) is 14.7 Å². The Morgan fingerprint density at radius 3 is 2.56 bits per heavy atom. The fourth-order valence-corrected chi connectivity index (χ4v) is 1.20. The van der Waals surface area contributed by atoms with E-state index in [0.29, 0.717) is 11.3 Å². The summed E-state index contributed by atoms with van der Waals surface area (Å²) in [6, 6.07) is -0.431. The highest BCUT2D eigenvalue weighted by Gasteiger charge is 2.22. The van der Waals surface area contributed by atoms with Crippen molar-refractivity contribution in [3.8, 4) is 0 Å². The summed E-state index contributed by atoms with van der Waals surface area (Å²) in [6.07, 6.45) is 1.42. The van der Waals surface area contributed by atoms with Crippen LogP contribution < -0.4 is 5.32 Å². The minimum Gasteiger partial charge on any atom is -0.481 e. The molecule has 1 amide bonds. The van der Waals surface area contributed by atoms with Gasteiger partial charge in [-0.15, -0.1) is 0 Å². The number of nitrogens with one attached hydrogen (secondary N) is 2. The van der Waals surface area contributed by atoms with Crippen LogP contribution >= 0.6 is 0 Å². The number of H-pyrrole nitrogens is 1. The molecule has 16 heavy (non-hydrogen) atoms. The Bertz CT molecular complexity index is 400. The van der Waals surface area contributed by atoms with Crippen LogP contribution in [-0.2, 0) is 4.79 Å². The average molecular weight is 225 g/mol. The van der Waals surface area contributed by atoms with Gasteiger partial charge in [-0.2, -0.15) is 5.10 Å². The molecule has 0 aliphatic heterocycles. The van der Waals surface area contributed by atoms with Crippen molar-refractivity contribution in [3.63, 3.8) is 0 Å². The highest BCUT2D eigenvalue weighted by molar-refractivity contribution is 5.95. The lowest BCUT2D eigenvalue weighted by molar-refractivity contribution is -0.141. The van der Waals surface area contributed by atoms with E-state index in [1.807, 2.05) is 0 Å². The number of nitrogens with zero attached hydrogens (tertiary/aromatic N) is 1. The van der Waals surface area contributed by atoms with Gasteiger partial charge in [-0.25, -0.2) is 0 Å². The predicted molar refractivity (Wildman–Crippen MR) is 57.1 cm³/mol. The van der Waals surface area contributed by atoms with E-state index in [4.69, 9.17) is 5.11 Å². The van der Waals surface area contributed by atoms with Gasteiger partial charge in [-0.05, 0) is 20.8 Å². The third kappa shape index (κ3) is 2.59. The summed E-state index contributed by atoms with van der Waals surface area (Å²) in [7, 11) is 0. The fraction of sp³-hybridized carbons (Fsp3) is 0.500. The number of carboxylic acid groups (broad SMARTS) is 1. The molecule has 2 atom stereocenters. The molecule has 88 valence electrons. The number of aromatic nitrogens is 2. The number of hydrogen-bond donors (Lipinski definition) is 3. The summed E-state index contributed by atoms with van der Waals surface area (Å²) in [5.74, 6) is -1.88. The number of aliphatic carboxylic acids is 1. The average Bonchev–Trinajstić information content (AvgIpc) is 2.62. The number of amides is 1. The maximum Gasteiger partial charge on any atom is 0.308 e. The zero-order valence-corrected chi connectivity index (χ0v) is 9.44. The van der Waals surface area contributed by atoms with E-state index in [1.165, 1.54) is 6.20 Å². The molecule has 1 heterocycles. The standard InChI is InChI=1S/C10H15N3O3/c1-5(10(15)16)6(2)12-9(14)8-4-11-13-7(8)3/h4-6H,1-3H3,(H,11,13)(H,12,14)(H,15,16). The van der Waals surface area contributed by atoms with E-state index in [2.05, 4.69) is 15.5 Å². The number of rotatable bonds is 4. The maximum absolute atomic E-state index is 11.7. The lowest BCUT2D eigenvalue weighted by atomic mass is 10.0. The summed E-state index contributed by atoms with van der Waals surface area (Å²) >= 11 is 0. The predicted octanol–water partition coefficient (Wildman–Crippen LogP) is 0.557. The topological polar surface area (TPSA) is 95.1 Å². The molecule has 0 fully saturated rings. The minimum absolute atomic E-state index is 0.313. The van der Waals surface area contributed by atoms with Crippen LogP contribution in [0.5, 0.6) is 0 Å². The smallest absolute Gasteiger partial charge is 0.308 e. The molecule has 0 aromatic carbocycles. The number of carboxylic acids is 1. The number of hydrogen-bond acceptors (Lipinski definition) is 3. The largest absolute Gasteiger partial charge is 0.481 e. The van der Waals surface area contributed by atoms with Gasteiger partial charge >= 0.3 is 5.97 Å². The van der Waals surface area contributed by atoms with Crippen molar-refractivity contribution in [2.24, 2.45) is 5.92 Å². The Morgan fingerprint density at radius 1 is 1.50 bits per heavy atom. The number of aromatic amines is 1. The van der Waals surface area contributed by atoms with Crippen molar-refractivity contribution in [2.45, 2.75) is 26.8 Å². The van der Waals surface area contributed by atoms with Gasteiger partial charge in [0.05, 0.1) is 17.7 Å². The highest BCUT2D eigenvalue weighted by atomic mass is 16.4. The van der Waals surface area contributed by atoms with E-state index in [9.17, 15) is 9.59 Å². The molecule has 1 rings (SSSR count). The van der Waals surface area contributed by atoms with Gasteiger partial charge in [0.1, 0.15) is 0 Å². The van der Waals surface area contributed by atoms with Crippen LogP contribution in [0.25, 0.3) is 0 Å². The first kappa shape index (κ1) is 12.2. The Labute approximate surface area is 93.1 Å². The van der Waals surface area contributed by atoms with Crippen molar-refractivity contribution in [1.29, 1.82) is 0 Å². The Morgan fingerprint density at radius 2 is 2.12 bits per heavy atom. The monoisotopic (exact) mass is 225 g/mol. The molecule has 1 aromatic rings. The molecule has 1 aromatic heterocycles. The SMILES string of the molecule is Cc1[nH]ncc1C(=O)NC(C)C(C)C(=O)O. The molecule has 0 radical (unpaired) electrons. The van der Waals surface area contributed by atoms with E-state index in [1.54, 1.807) is 20.8 Å². The van der Waals surface area contributed by atoms with Crippen molar-refractivity contribution in [3.05, 3.63) is 17.5 Å². The number of aryl methyl sites for hydroxylation is 1. The first-order valence-electron chi connectivity index (χ1n) is 4.97. The molecule has 0 saturated carbocycles. The molecular weight excluding hydrogens is 210 g/mol. The van der Waals surface area contributed by atoms with Gasteiger partial charge < -0.3 is 10.4 Å². The normalized spacial score (nSPS) is 14.2. The van der Waals surface area contributed by atoms with Crippen LogP contribution in [0.3, 0.4) is 0 Å². The van der Waals surface area contributed by atoms with Crippen molar-refractivity contribution in [2.75, 3.05) is 0 Å². The molecule has 2 unspecified atom stereocenters. The Kier molecular flexibility index (Phi) is 3.65. The molecule has 0 bridgehead atoms. The first-order chi connectivity index (χ1) is 7.43. The molecule has 6 nitrogen and oxygen atoms in total. The Hall–Kier alpha value is -1.85. The van der Waals surface area contributed by atoms with Gasteiger partial charge in [0.25, 0.3) is 5.91 Å². The van der Waals surface area contributed by atoms with Crippen LogP contribution in [0.4, 0.5) is 0 Å². The molecule has 0 aliphatic rings. The summed E-state index contributed by atoms with van der Waals surface area (Å²) < 4.78 is 0. The quantitative estimate of drug-likeness (QED) is 0.697. The third-order valence-electron chi connectivity index (χ3n) is 2.57. The van der Waals surface area contributed by atoms with Gasteiger partial charge in [0, 0.05) is 11.7 Å². The third-order valence-corrected chi connectivity index (χ3v) is 2.57. The molecular formula is C10H15N3O3. The highest BCUT2D eigenvalue weighted by Crippen LogP contribution is 2.06. The lowest BCUT2D eigenvalue weighted by Crippen LogP contribution is -2.40. The van der Waals surface area contributed by atoms with Crippen LogP contribution in [0.15, 0.2) is 6.20 Å². The van der Waals surface area contributed by atoms with Crippen LogP contribution in [0.1, 0.15) is 29.9 Å². The first-order valence-corrected chi connectivity index (χ1v) is 4.97. The van der Waals surface area contributed by atoms with E-state index in [0.717, 1.165) is 0 Å². The van der Waals surface area contributed by atoms with E-state index < -0.39 is 17.9 Å². The van der Waals surface area contributed by atoms with Gasteiger partial charge in [0.2, 0.25) is 0 Å². The molecule has 0 saturated heterocycles. The second-order valence-corrected chi connectivity index (χ2v) is 3.80. The summed E-state index contributed by atoms with van der Waals surface area (Å²) in [6.45, 7) is 4.94. The molecule has 3 N–H and O–H groups in total. The minimum atomic E-state index is -0.934. The fourth-order valence-electron chi connectivity index (χ4n) is 1.20. The van der Waals surface area contributed by atoms with Gasteiger partial charge in [0.15, 0.2) is 0 Å². The Balaban J connectivity index is 2.65.